The fraction of sp³-hybridized carbons (Fsp3) is 0.280. The minimum absolute atomic E-state index is 0.0575. The minimum Gasteiger partial charge on any atom is -0.497 e. The maximum atomic E-state index is 12.1. The summed E-state index contributed by atoms with van der Waals surface area (Å²) in [5, 5.41) is 11.8. The predicted molar refractivity (Wildman–Crippen MR) is 132 cm³/mol. The number of hydrogen-bond acceptors (Lipinski definition) is 4. The number of aliphatic imine (C=N–C) groups is 1. The molecular formula is C25H28N4O2S. The standard InChI is InChI=1S/C25H28N4O2S/c1-3-26-25(27-14-18-13-24(30)29-23-7-5-4-6-22(18)23)28-15-21-12-19(16-32-21)17-8-10-20(31-2)11-9-17/h4-12,16,18H,3,13-15H2,1-2H3,(H,29,30)(H2,26,27,28). The first-order chi connectivity index (χ1) is 15.7. The number of methoxy groups -OCH3 is 1. The molecule has 1 atom stereocenters. The summed E-state index contributed by atoms with van der Waals surface area (Å²) in [6, 6.07) is 18.3. The lowest BCUT2D eigenvalue weighted by Gasteiger charge is -2.26. The van der Waals surface area contributed by atoms with Crippen molar-refractivity contribution in [3.8, 4) is 16.9 Å². The van der Waals surface area contributed by atoms with Gasteiger partial charge in [0.05, 0.1) is 13.7 Å². The van der Waals surface area contributed by atoms with Gasteiger partial charge in [0.25, 0.3) is 0 Å². The average Bonchev–Trinajstić information content (AvgIpc) is 3.29. The molecule has 3 aromatic rings. The zero-order chi connectivity index (χ0) is 22.3. The van der Waals surface area contributed by atoms with E-state index in [0.29, 0.717) is 19.5 Å². The van der Waals surface area contributed by atoms with Gasteiger partial charge in [-0.3, -0.25) is 4.79 Å². The van der Waals surface area contributed by atoms with E-state index in [1.165, 1.54) is 10.4 Å². The summed E-state index contributed by atoms with van der Waals surface area (Å²) in [6.45, 7) is 4.07. The summed E-state index contributed by atoms with van der Waals surface area (Å²) in [6.07, 6.45) is 0.472. The highest BCUT2D eigenvalue weighted by atomic mass is 32.1. The Morgan fingerprint density at radius 3 is 2.75 bits per heavy atom. The van der Waals surface area contributed by atoms with Crippen molar-refractivity contribution >= 4 is 28.9 Å². The van der Waals surface area contributed by atoms with Gasteiger partial charge in [-0.25, -0.2) is 4.99 Å². The Bertz CT molecular complexity index is 1090. The van der Waals surface area contributed by atoms with Gasteiger partial charge < -0.3 is 20.7 Å². The zero-order valence-corrected chi connectivity index (χ0v) is 19.2. The van der Waals surface area contributed by atoms with Gasteiger partial charge in [-0.15, -0.1) is 11.3 Å². The van der Waals surface area contributed by atoms with Crippen LogP contribution in [0.4, 0.5) is 5.69 Å². The number of thiophene rings is 1. The second-order valence-corrected chi connectivity index (χ2v) is 8.64. The van der Waals surface area contributed by atoms with Crippen molar-refractivity contribution < 1.29 is 9.53 Å². The van der Waals surface area contributed by atoms with Gasteiger partial charge in [0.1, 0.15) is 5.75 Å². The van der Waals surface area contributed by atoms with E-state index in [1.807, 2.05) is 37.3 Å². The summed E-state index contributed by atoms with van der Waals surface area (Å²) in [4.78, 5) is 18.0. The normalized spacial score (nSPS) is 15.6. The topological polar surface area (TPSA) is 74.8 Å². The lowest BCUT2D eigenvalue weighted by Crippen LogP contribution is -2.40. The molecule has 1 aliphatic heterocycles. The molecule has 7 heteroatoms. The number of nitrogens with one attached hydrogen (secondary N) is 3. The van der Waals surface area contributed by atoms with Crippen LogP contribution in [0.3, 0.4) is 0 Å². The molecule has 0 saturated heterocycles. The highest BCUT2D eigenvalue weighted by Crippen LogP contribution is 2.31. The third-order valence-corrected chi connectivity index (χ3v) is 6.36. The number of amides is 1. The number of para-hydroxylation sites is 1. The number of hydrogen-bond donors (Lipinski definition) is 3. The van der Waals surface area contributed by atoms with Gasteiger partial charge in [-0.05, 0) is 53.3 Å². The Morgan fingerprint density at radius 1 is 1.16 bits per heavy atom. The van der Waals surface area contributed by atoms with Gasteiger partial charge in [-0.1, -0.05) is 30.3 Å². The number of benzene rings is 2. The van der Waals surface area contributed by atoms with E-state index in [1.54, 1.807) is 18.4 Å². The first-order valence-corrected chi connectivity index (χ1v) is 11.7. The molecule has 0 spiro atoms. The zero-order valence-electron chi connectivity index (χ0n) is 18.4. The van der Waals surface area contributed by atoms with E-state index in [9.17, 15) is 4.79 Å². The fourth-order valence-corrected chi connectivity index (χ4v) is 4.62. The molecule has 1 unspecified atom stereocenters. The second-order valence-electron chi connectivity index (χ2n) is 7.64. The Kier molecular flexibility index (Phi) is 7.07. The molecule has 0 aliphatic carbocycles. The van der Waals surface area contributed by atoms with E-state index in [-0.39, 0.29) is 11.8 Å². The summed E-state index contributed by atoms with van der Waals surface area (Å²) in [5.41, 5.74) is 4.42. The highest BCUT2D eigenvalue weighted by Gasteiger charge is 2.24. The number of carbonyl (C=O) groups is 1. The molecule has 0 fully saturated rings. The van der Waals surface area contributed by atoms with Crippen LogP contribution in [-0.2, 0) is 11.3 Å². The second kappa shape index (κ2) is 10.3. The van der Waals surface area contributed by atoms with Crippen LogP contribution in [0.5, 0.6) is 5.75 Å². The van der Waals surface area contributed by atoms with Crippen LogP contribution >= 0.6 is 11.3 Å². The molecule has 1 amide bonds. The predicted octanol–water partition coefficient (Wildman–Crippen LogP) is 4.60. The average molecular weight is 449 g/mol. The Labute approximate surface area is 192 Å². The van der Waals surface area contributed by atoms with Crippen molar-refractivity contribution in [2.75, 3.05) is 25.5 Å². The third-order valence-electron chi connectivity index (χ3n) is 5.44. The van der Waals surface area contributed by atoms with Gasteiger partial charge in [-0.2, -0.15) is 0 Å². The molecule has 32 heavy (non-hydrogen) atoms. The Hall–Kier alpha value is -3.32. The third kappa shape index (κ3) is 5.29. The van der Waals surface area contributed by atoms with E-state index < -0.39 is 0 Å². The van der Waals surface area contributed by atoms with E-state index >= 15 is 0 Å². The van der Waals surface area contributed by atoms with Crippen molar-refractivity contribution in [2.24, 2.45) is 4.99 Å². The van der Waals surface area contributed by atoms with Crippen LogP contribution in [-0.4, -0.2) is 32.1 Å². The molecule has 3 N–H and O–H groups in total. The molecule has 2 aromatic carbocycles. The minimum atomic E-state index is 0.0575. The quantitative estimate of drug-likeness (QED) is 0.365. The smallest absolute Gasteiger partial charge is 0.225 e. The Morgan fingerprint density at radius 2 is 1.97 bits per heavy atom. The summed E-state index contributed by atoms with van der Waals surface area (Å²) in [7, 11) is 1.67. The molecule has 2 heterocycles. The van der Waals surface area contributed by atoms with Crippen LogP contribution in [0.25, 0.3) is 11.1 Å². The van der Waals surface area contributed by atoms with Crippen LogP contribution in [0.2, 0.25) is 0 Å². The number of anilines is 1. The molecule has 1 aliphatic rings. The van der Waals surface area contributed by atoms with E-state index in [0.717, 1.165) is 35.1 Å². The number of carbonyl (C=O) groups excluding carboxylic acids is 1. The van der Waals surface area contributed by atoms with Crippen molar-refractivity contribution in [1.29, 1.82) is 0 Å². The monoisotopic (exact) mass is 448 g/mol. The number of nitrogens with zero attached hydrogens (tertiary/aromatic N) is 1. The van der Waals surface area contributed by atoms with Crippen LogP contribution in [0.15, 0.2) is 65.0 Å². The SMILES string of the molecule is CCNC(=NCc1cc(-c2ccc(OC)cc2)cs1)NCC1CC(=O)Nc2ccccc21. The fourth-order valence-electron chi connectivity index (χ4n) is 3.80. The number of rotatable bonds is 7. The lowest BCUT2D eigenvalue weighted by molar-refractivity contribution is -0.116. The number of ether oxygens (including phenoxy) is 1. The van der Waals surface area contributed by atoms with Crippen molar-refractivity contribution in [3.63, 3.8) is 0 Å². The maximum absolute atomic E-state index is 12.1. The molecule has 166 valence electrons. The first kappa shape index (κ1) is 21.9. The van der Waals surface area contributed by atoms with Gasteiger partial charge in [0, 0.05) is 36.0 Å². The molecule has 0 radical (unpaired) electrons. The first-order valence-electron chi connectivity index (χ1n) is 10.8. The van der Waals surface area contributed by atoms with Gasteiger partial charge >= 0.3 is 0 Å². The van der Waals surface area contributed by atoms with Crippen LogP contribution < -0.4 is 20.7 Å². The maximum Gasteiger partial charge on any atom is 0.225 e. The van der Waals surface area contributed by atoms with Gasteiger partial charge in [0.15, 0.2) is 5.96 Å². The molecule has 0 saturated carbocycles. The van der Waals surface area contributed by atoms with Gasteiger partial charge in [0.2, 0.25) is 5.91 Å². The molecule has 0 bridgehead atoms. The largest absolute Gasteiger partial charge is 0.497 e. The van der Waals surface area contributed by atoms with Crippen LogP contribution in [0, 0.1) is 0 Å². The highest BCUT2D eigenvalue weighted by molar-refractivity contribution is 7.10. The summed E-state index contributed by atoms with van der Waals surface area (Å²) in [5.74, 6) is 1.79. The number of fused-ring (bicyclic) bond motifs is 1. The van der Waals surface area contributed by atoms with Crippen molar-refractivity contribution in [2.45, 2.75) is 25.8 Å². The summed E-state index contributed by atoms with van der Waals surface area (Å²) >= 11 is 1.70. The molecule has 6 nitrogen and oxygen atoms in total. The van der Waals surface area contributed by atoms with Crippen molar-refractivity contribution in [1.82, 2.24) is 10.6 Å². The lowest BCUT2D eigenvalue weighted by atomic mass is 9.90. The summed E-state index contributed by atoms with van der Waals surface area (Å²) < 4.78 is 5.24. The number of guanidine groups is 1. The van der Waals surface area contributed by atoms with E-state index in [4.69, 9.17) is 9.73 Å². The molecular weight excluding hydrogens is 420 g/mol. The van der Waals surface area contributed by atoms with E-state index in [2.05, 4.69) is 45.6 Å². The Balaban J connectivity index is 1.40. The molecule has 1 aromatic heterocycles. The molecule has 4 rings (SSSR count). The van der Waals surface area contributed by atoms with Crippen molar-refractivity contribution in [3.05, 3.63) is 70.4 Å². The van der Waals surface area contributed by atoms with Crippen LogP contribution in [0.1, 0.15) is 29.7 Å².